The first-order valence-electron chi connectivity index (χ1n) is 7.48. The average Bonchev–Trinajstić information content (AvgIpc) is 2.83. The first-order valence-corrected chi connectivity index (χ1v) is 7.48. The Bertz CT molecular complexity index is 491. The number of pyridine rings is 1. The molecule has 0 aromatic carbocycles. The molecule has 2 atom stereocenters. The molecule has 5 nitrogen and oxygen atoms in total. The Labute approximate surface area is 119 Å². The fourth-order valence-electron chi connectivity index (χ4n) is 3.32. The van der Waals surface area contributed by atoms with Crippen molar-refractivity contribution in [2.24, 2.45) is 5.92 Å². The number of piperidine rings is 1. The fraction of sp³-hybridized carbons (Fsp3) is 0.600. The van der Waals surface area contributed by atoms with Crippen LogP contribution < -0.4 is 10.6 Å². The summed E-state index contributed by atoms with van der Waals surface area (Å²) >= 11 is 0. The number of amides is 1. The average molecular weight is 274 g/mol. The molecular formula is C15H22N4O. The molecule has 2 aliphatic heterocycles. The van der Waals surface area contributed by atoms with Crippen molar-refractivity contribution in [3.8, 4) is 0 Å². The molecule has 2 unspecified atom stereocenters. The van der Waals surface area contributed by atoms with E-state index in [4.69, 9.17) is 0 Å². The van der Waals surface area contributed by atoms with Crippen molar-refractivity contribution in [1.29, 1.82) is 0 Å². The standard InChI is InChI=1S/C15H22N4O/c1-2-16-14-8-11(5-6-17-14)10-19-7-3-4-12-13(19)9-18-15(12)20/h5-6,8,12-13H,2-4,7,9-10H2,1H3,(H,16,17)(H,18,20). The Morgan fingerprint density at radius 2 is 2.45 bits per heavy atom. The molecule has 2 saturated heterocycles. The predicted octanol–water partition coefficient (Wildman–Crippen LogP) is 1.22. The second kappa shape index (κ2) is 5.79. The highest BCUT2D eigenvalue weighted by Crippen LogP contribution is 2.28. The summed E-state index contributed by atoms with van der Waals surface area (Å²) in [6.45, 7) is 5.73. The number of carbonyl (C=O) groups is 1. The summed E-state index contributed by atoms with van der Waals surface area (Å²) in [5.74, 6) is 1.36. The van der Waals surface area contributed by atoms with E-state index in [1.54, 1.807) is 0 Å². The van der Waals surface area contributed by atoms with Gasteiger partial charge in [-0.3, -0.25) is 9.69 Å². The van der Waals surface area contributed by atoms with Crippen molar-refractivity contribution in [1.82, 2.24) is 15.2 Å². The number of nitrogens with zero attached hydrogens (tertiary/aromatic N) is 2. The number of anilines is 1. The van der Waals surface area contributed by atoms with Gasteiger partial charge in [0, 0.05) is 31.9 Å². The molecule has 2 fully saturated rings. The number of rotatable bonds is 4. The topological polar surface area (TPSA) is 57.3 Å². The molecule has 2 N–H and O–H groups in total. The van der Waals surface area contributed by atoms with Gasteiger partial charge in [-0.1, -0.05) is 0 Å². The van der Waals surface area contributed by atoms with Crippen molar-refractivity contribution < 1.29 is 4.79 Å². The number of likely N-dealkylation sites (tertiary alicyclic amines) is 1. The lowest BCUT2D eigenvalue weighted by atomic mass is 9.91. The molecule has 0 aliphatic carbocycles. The second-order valence-electron chi connectivity index (χ2n) is 5.61. The van der Waals surface area contributed by atoms with E-state index in [-0.39, 0.29) is 11.8 Å². The molecule has 3 heterocycles. The normalized spacial score (nSPS) is 26.1. The van der Waals surface area contributed by atoms with E-state index in [1.165, 1.54) is 5.56 Å². The Balaban J connectivity index is 1.70. The molecule has 108 valence electrons. The maximum Gasteiger partial charge on any atom is 0.224 e. The highest BCUT2D eigenvalue weighted by atomic mass is 16.2. The summed E-state index contributed by atoms with van der Waals surface area (Å²) in [5.41, 5.74) is 1.26. The third-order valence-electron chi connectivity index (χ3n) is 4.28. The van der Waals surface area contributed by atoms with E-state index in [1.807, 2.05) is 6.20 Å². The Morgan fingerprint density at radius 1 is 1.55 bits per heavy atom. The zero-order chi connectivity index (χ0) is 13.9. The summed E-state index contributed by atoms with van der Waals surface area (Å²) in [5, 5.41) is 6.25. The van der Waals surface area contributed by atoms with E-state index in [9.17, 15) is 4.79 Å². The first-order chi connectivity index (χ1) is 9.78. The summed E-state index contributed by atoms with van der Waals surface area (Å²) in [6, 6.07) is 4.54. The van der Waals surface area contributed by atoms with Gasteiger partial charge in [0.1, 0.15) is 5.82 Å². The van der Waals surface area contributed by atoms with Gasteiger partial charge in [0.25, 0.3) is 0 Å². The minimum absolute atomic E-state index is 0.193. The summed E-state index contributed by atoms with van der Waals surface area (Å²) in [4.78, 5) is 18.5. The zero-order valence-corrected chi connectivity index (χ0v) is 11.9. The Hall–Kier alpha value is -1.62. The van der Waals surface area contributed by atoms with Crippen LogP contribution in [0.5, 0.6) is 0 Å². The molecule has 0 radical (unpaired) electrons. The van der Waals surface area contributed by atoms with Crippen LogP contribution in [0.1, 0.15) is 25.3 Å². The van der Waals surface area contributed by atoms with Crippen LogP contribution in [0.4, 0.5) is 5.82 Å². The SMILES string of the molecule is CCNc1cc(CN2CCCC3C(=O)NCC32)ccn1. The van der Waals surface area contributed by atoms with Gasteiger partial charge in [-0.05, 0) is 44.0 Å². The third-order valence-corrected chi connectivity index (χ3v) is 4.28. The van der Waals surface area contributed by atoms with Crippen LogP contribution in [0.3, 0.4) is 0 Å². The summed E-state index contributed by atoms with van der Waals surface area (Å²) in [6.07, 6.45) is 4.00. The van der Waals surface area contributed by atoms with Crippen LogP contribution in [0, 0.1) is 5.92 Å². The number of hydrogen-bond acceptors (Lipinski definition) is 4. The largest absolute Gasteiger partial charge is 0.370 e. The zero-order valence-electron chi connectivity index (χ0n) is 11.9. The second-order valence-corrected chi connectivity index (χ2v) is 5.61. The van der Waals surface area contributed by atoms with Gasteiger partial charge in [-0.25, -0.2) is 4.98 Å². The predicted molar refractivity (Wildman–Crippen MR) is 78.3 cm³/mol. The van der Waals surface area contributed by atoms with Crippen LogP contribution in [-0.4, -0.2) is 41.5 Å². The van der Waals surface area contributed by atoms with Crippen LogP contribution >= 0.6 is 0 Å². The van der Waals surface area contributed by atoms with Gasteiger partial charge in [0.05, 0.1) is 5.92 Å². The summed E-state index contributed by atoms with van der Waals surface area (Å²) < 4.78 is 0. The van der Waals surface area contributed by atoms with Gasteiger partial charge >= 0.3 is 0 Å². The number of aromatic nitrogens is 1. The van der Waals surface area contributed by atoms with Crippen LogP contribution in [-0.2, 0) is 11.3 Å². The quantitative estimate of drug-likeness (QED) is 0.867. The van der Waals surface area contributed by atoms with Gasteiger partial charge < -0.3 is 10.6 Å². The number of carbonyl (C=O) groups excluding carboxylic acids is 1. The number of hydrogen-bond donors (Lipinski definition) is 2. The van der Waals surface area contributed by atoms with E-state index in [0.717, 1.165) is 44.8 Å². The van der Waals surface area contributed by atoms with Crippen molar-refractivity contribution in [3.05, 3.63) is 23.9 Å². The van der Waals surface area contributed by atoms with Gasteiger partial charge in [-0.2, -0.15) is 0 Å². The lowest BCUT2D eigenvalue weighted by Crippen LogP contribution is -2.44. The molecule has 0 bridgehead atoms. The van der Waals surface area contributed by atoms with Crippen molar-refractivity contribution in [3.63, 3.8) is 0 Å². The third kappa shape index (κ3) is 2.63. The molecule has 1 aromatic heterocycles. The van der Waals surface area contributed by atoms with E-state index in [0.29, 0.717) is 6.04 Å². The lowest BCUT2D eigenvalue weighted by molar-refractivity contribution is -0.124. The maximum absolute atomic E-state index is 11.8. The van der Waals surface area contributed by atoms with Gasteiger partial charge in [0.15, 0.2) is 0 Å². The van der Waals surface area contributed by atoms with E-state index < -0.39 is 0 Å². The molecule has 0 spiro atoms. The monoisotopic (exact) mass is 274 g/mol. The number of nitrogens with one attached hydrogen (secondary N) is 2. The first kappa shape index (κ1) is 13.4. The molecular weight excluding hydrogens is 252 g/mol. The molecule has 0 saturated carbocycles. The minimum Gasteiger partial charge on any atom is -0.370 e. The number of fused-ring (bicyclic) bond motifs is 1. The van der Waals surface area contributed by atoms with Gasteiger partial charge in [-0.15, -0.1) is 0 Å². The van der Waals surface area contributed by atoms with E-state index in [2.05, 4.69) is 39.6 Å². The van der Waals surface area contributed by atoms with Crippen LogP contribution in [0.15, 0.2) is 18.3 Å². The fourth-order valence-corrected chi connectivity index (χ4v) is 3.32. The van der Waals surface area contributed by atoms with E-state index >= 15 is 0 Å². The highest BCUT2D eigenvalue weighted by Gasteiger charge is 2.40. The van der Waals surface area contributed by atoms with Crippen molar-refractivity contribution in [2.75, 3.05) is 25.0 Å². The Kier molecular flexibility index (Phi) is 3.87. The van der Waals surface area contributed by atoms with Gasteiger partial charge in [0.2, 0.25) is 5.91 Å². The summed E-state index contributed by atoms with van der Waals surface area (Å²) in [7, 11) is 0. The van der Waals surface area contributed by atoms with Crippen molar-refractivity contribution in [2.45, 2.75) is 32.4 Å². The van der Waals surface area contributed by atoms with Crippen molar-refractivity contribution >= 4 is 11.7 Å². The van der Waals surface area contributed by atoms with Crippen LogP contribution in [0.25, 0.3) is 0 Å². The molecule has 1 amide bonds. The highest BCUT2D eigenvalue weighted by molar-refractivity contribution is 5.82. The van der Waals surface area contributed by atoms with Crippen LogP contribution in [0.2, 0.25) is 0 Å². The molecule has 1 aromatic rings. The smallest absolute Gasteiger partial charge is 0.224 e. The molecule has 20 heavy (non-hydrogen) atoms. The lowest BCUT2D eigenvalue weighted by Gasteiger charge is -2.35. The maximum atomic E-state index is 11.8. The Morgan fingerprint density at radius 3 is 3.30 bits per heavy atom. The molecule has 3 rings (SSSR count). The molecule has 2 aliphatic rings. The molecule has 5 heteroatoms. The minimum atomic E-state index is 0.193.